The van der Waals surface area contributed by atoms with Gasteiger partial charge in [0.2, 0.25) is 0 Å². The summed E-state index contributed by atoms with van der Waals surface area (Å²) in [5.74, 6) is 0.605. The number of likely N-dealkylation sites (N-methyl/N-ethyl adjacent to an activating group) is 2. The van der Waals surface area contributed by atoms with Gasteiger partial charge in [-0.15, -0.1) is 0 Å². The number of benzene rings is 1. The molecule has 0 radical (unpaired) electrons. The van der Waals surface area contributed by atoms with Crippen LogP contribution in [0.1, 0.15) is 64.1 Å². The molecule has 0 saturated carbocycles. The minimum absolute atomic E-state index is 0.438. The smallest absolute Gasteiger partial charge is 0.0449 e. The average molecular weight is 276 g/mol. The Bertz CT molecular complexity index is 356. The fourth-order valence-electron chi connectivity index (χ4n) is 2.60. The molecule has 1 aromatic rings. The topological polar surface area (TPSA) is 15.3 Å². The van der Waals surface area contributed by atoms with Crippen molar-refractivity contribution in [1.82, 2.24) is 10.2 Å². The van der Waals surface area contributed by atoms with Gasteiger partial charge in [-0.05, 0) is 43.1 Å². The van der Waals surface area contributed by atoms with Crippen molar-refractivity contribution in [3.8, 4) is 0 Å². The summed E-state index contributed by atoms with van der Waals surface area (Å²) in [7, 11) is 0. The monoisotopic (exact) mass is 276 g/mol. The van der Waals surface area contributed by atoms with Crippen LogP contribution in [0, 0.1) is 0 Å². The van der Waals surface area contributed by atoms with Crippen molar-refractivity contribution in [1.29, 1.82) is 0 Å². The molecule has 1 atom stereocenters. The van der Waals surface area contributed by atoms with Crippen molar-refractivity contribution >= 4 is 0 Å². The van der Waals surface area contributed by atoms with E-state index in [-0.39, 0.29) is 0 Å². The average Bonchev–Trinajstić information content (AvgIpc) is 2.46. The minimum atomic E-state index is 0.438. The van der Waals surface area contributed by atoms with Crippen molar-refractivity contribution in [2.45, 2.75) is 53.0 Å². The van der Waals surface area contributed by atoms with Gasteiger partial charge in [0.1, 0.15) is 0 Å². The summed E-state index contributed by atoms with van der Waals surface area (Å²) in [6.45, 7) is 15.6. The van der Waals surface area contributed by atoms with Crippen LogP contribution >= 0.6 is 0 Å². The summed E-state index contributed by atoms with van der Waals surface area (Å²) in [6, 6.07) is 9.58. The van der Waals surface area contributed by atoms with E-state index in [1.807, 2.05) is 0 Å². The highest BCUT2D eigenvalue weighted by atomic mass is 15.1. The highest BCUT2D eigenvalue weighted by Gasteiger charge is 2.14. The molecule has 0 aliphatic carbocycles. The van der Waals surface area contributed by atoms with Crippen LogP contribution in [-0.4, -0.2) is 31.1 Å². The molecule has 114 valence electrons. The van der Waals surface area contributed by atoms with Gasteiger partial charge in [-0.3, -0.25) is 0 Å². The minimum Gasteiger partial charge on any atom is -0.309 e. The Morgan fingerprint density at radius 1 is 1.00 bits per heavy atom. The largest absolute Gasteiger partial charge is 0.309 e. The molecular formula is C18H32N2. The lowest BCUT2D eigenvalue weighted by atomic mass is 9.98. The zero-order valence-electron chi connectivity index (χ0n) is 13.9. The molecule has 1 rings (SSSR count). The van der Waals surface area contributed by atoms with Crippen LogP contribution in [0.5, 0.6) is 0 Å². The summed E-state index contributed by atoms with van der Waals surface area (Å²) in [4.78, 5) is 2.53. The summed E-state index contributed by atoms with van der Waals surface area (Å²) < 4.78 is 0. The van der Waals surface area contributed by atoms with E-state index in [1.165, 1.54) is 24.1 Å². The summed E-state index contributed by atoms with van der Waals surface area (Å²) in [5, 5.41) is 3.63. The zero-order valence-corrected chi connectivity index (χ0v) is 13.9. The molecule has 0 aliphatic heterocycles. The van der Waals surface area contributed by atoms with Gasteiger partial charge in [-0.1, -0.05) is 58.9 Å². The summed E-state index contributed by atoms with van der Waals surface area (Å²) >= 11 is 0. The first kappa shape index (κ1) is 17.2. The third-order valence-electron chi connectivity index (χ3n) is 3.88. The number of hydrogen-bond acceptors (Lipinski definition) is 2. The van der Waals surface area contributed by atoms with Crippen molar-refractivity contribution in [2.24, 2.45) is 0 Å². The number of nitrogens with zero attached hydrogens (tertiary/aromatic N) is 1. The quantitative estimate of drug-likeness (QED) is 0.727. The van der Waals surface area contributed by atoms with Gasteiger partial charge in [0, 0.05) is 12.6 Å². The van der Waals surface area contributed by atoms with Gasteiger partial charge >= 0.3 is 0 Å². The van der Waals surface area contributed by atoms with E-state index in [0.29, 0.717) is 12.0 Å². The van der Waals surface area contributed by atoms with Crippen molar-refractivity contribution < 1.29 is 0 Å². The van der Waals surface area contributed by atoms with Gasteiger partial charge in [0.15, 0.2) is 0 Å². The van der Waals surface area contributed by atoms with Crippen LogP contribution in [0.4, 0.5) is 0 Å². The second-order valence-electron chi connectivity index (χ2n) is 5.82. The van der Waals surface area contributed by atoms with Gasteiger partial charge < -0.3 is 10.2 Å². The van der Waals surface area contributed by atoms with Gasteiger partial charge in [0.05, 0.1) is 0 Å². The van der Waals surface area contributed by atoms with Crippen molar-refractivity contribution in [3.05, 3.63) is 35.4 Å². The van der Waals surface area contributed by atoms with Crippen LogP contribution in [0.3, 0.4) is 0 Å². The number of nitrogens with one attached hydrogen (secondary N) is 1. The molecule has 0 fully saturated rings. The van der Waals surface area contributed by atoms with E-state index in [4.69, 9.17) is 0 Å². The van der Waals surface area contributed by atoms with Gasteiger partial charge in [-0.2, -0.15) is 0 Å². The van der Waals surface area contributed by atoms with Crippen LogP contribution < -0.4 is 5.32 Å². The lowest BCUT2D eigenvalue weighted by Gasteiger charge is -2.27. The van der Waals surface area contributed by atoms with Crippen LogP contribution in [0.25, 0.3) is 0 Å². The Balaban J connectivity index is 2.78. The van der Waals surface area contributed by atoms with Crippen LogP contribution in [0.2, 0.25) is 0 Å². The molecule has 1 aromatic carbocycles. The lowest BCUT2D eigenvalue weighted by molar-refractivity contribution is 0.255. The first-order chi connectivity index (χ1) is 9.62. The van der Waals surface area contributed by atoms with E-state index in [0.717, 1.165) is 19.6 Å². The molecule has 0 heterocycles. The Kier molecular flexibility index (Phi) is 7.86. The van der Waals surface area contributed by atoms with Crippen LogP contribution in [0.15, 0.2) is 24.3 Å². The van der Waals surface area contributed by atoms with E-state index < -0.39 is 0 Å². The number of hydrogen-bond donors (Lipinski definition) is 1. The zero-order chi connectivity index (χ0) is 15.0. The maximum atomic E-state index is 3.63. The Morgan fingerprint density at radius 3 is 2.05 bits per heavy atom. The molecule has 0 saturated heterocycles. The normalized spacial score (nSPS) is 13.2. The molecular weight excluding hydrogens is 244 g/mol. The molecule has 1 unspecified atom stereocenters. The number of rotatable bonds is 9. The van der Waals surface area contributed by atoms with E-state index in [1.54, 1.807) is 0 Å². The fourth-order valence-corrected chi connectivity index (χ4v) is 2.60. The lowest BCUT2D eigenvalue weighted by Crippen LogP contribution is -2.35. The Labute approximate surface area is 125 Å². The molecule has 0 amide bonds. The van der Waals surface area contributed by atoms with Gasteiger partial charge in [0.25, 0.3) is 0 Å². The first-order valence-electron chi connectivity index (χ1n) is 8.17. The highest BCUT2D eigenvalue weighted by molar-refractivity contribution is 5.27. The van der Waals surface area contributed by atoms with Crippen molar-refractivity contribution in [3.63, 3.8) is 0 Å². The maximum Gasteiger partial charge on any atom is 0.0449 e. The Morgan fingerprint density at radius 2 is 1.60 bits per heavy atom. The summed E-state index contributed by atoms with van der Waals surface area (Å²) in [6.07, 6.45) is 1.22. The van der Waals surface area contributed by atoms with Gasteiger partial charge in [-0.25, -0.2) is 0 Å². The molecule has 1 N–H and O–H groups in total. The van der Waals surface area contributed by atoms with Crippen molar-refractivity contribution in [2.75, 3.05) is 26.2 Å². The predicted octanol–water partition coefficient (Wildman–Crippen LogP) is 4.19. The second kappa shape index (κ2) is 9.15. The molecule has 20 heavy (non-hydrogen) atoms. The van der Waals surface area contributed by atoms with E-state index >= 15 is 0 Å². The molecule has 2 heteroatoms. The molecule has 0 bridgehead atoms. The second-order valence-corrected chi connectivity index (χ2v) is 5.82. The van der Waals surface area contributed by atoms with E-state index in [9.17, 15) is 0 Å². The third kappa shape index (κ3) is 5.26. The molecule has 0 spiro atoms. The SMILES string of the molecule is CCCN(CC)CC(NCC)c1ccc(C(C)C)cc1. The summed E-state index contributed by atoms with van der Waals surface area (Å²) in [5.41, 5.74) is 2.83. The highest BCUT2D eigenvalue weighted by Crippen LogP contribution is 2.19. The standard InChI is InChI=1S/C18H32N2/c1-6-13-20(8-3)14-18(19-7-2)17-11-9-16(10-12-17)15(4)5/h9-12,15,18-19H,6-8,13-14H2,1-5H3. The molecule has 2 nitrogen and oxygen atoms in total. The maximum absolute atomic E-state index is 3.63. The predicted molar refractivity (Wildman–Crippen MR) is 89.4 cm³/mol. The Hall–Kier alpha value is -0.860. The molecule has 0 aromatic heterocycles. The first-order valence-corrected chi connectivity index (χ1v) is 8.17. The van der Waals surface area contributed by atoms with E-state index in [2.05, 4.69) is 69.1 Å². The fraction of sp³-hybridized carbons (Fsp3) is 0.667. The molecule has 0 aliphatic rings. The van der Waals surface area contributed by atoms with Crippen LogP contribution in [-0.2, 0) is 0 Å². The third-order valence-corrected chi connectivity index (χ3v) is 3.88.